The highest BCUT2D eigenvalue weighted by Crippen LogP contribution is 2.32. The third kappa shape index (κ3) is 6.16. The van der Waals surface area contributed by atoms with Crippen LogP contribution in [-0.4, -0.2) is 52.0 Å². The Morgan fingerprint density at radius 3 is 2.05 bits per heavy atom. The van der Waals surface area contributed by atoms with E-state index in [2.05, 4.69) is 57.7 Å². The number of imidazole rings is 1. The van der Waals surface area contributed by atoms with Gasteiger partial charge in [0.25, 0.3) is 0 Å². The minimum Gasteiger partial charge on any atom is -0.341 e. The largest absolute Gasteiger partial charge is 0.416 e. The van der Waals surface area contributed by atoms with Gasteiger partial charge in [-0.05, 0) is 53.1 Å². The third-order valence-corrected chi connectivity index (χ3v) is 7.63. The number of benzene rings is 4. The highest BCUT2D eigenvalue weighted by molar-refractivity contribution is 5.89. The summed E-state index contributed by atoms with van der Waals surface area (Å²) >= 11 is 0. The van der Waals surface area contributed by atoms with Gasteiger partial charge in [0.15, 0.2) is 0 Å². The van der Waals surface area contributed by atoms with Crippen molar-refractivity contribution in [3.8, 4) is 0 Å². The number of fused-ring (bicyclic) bond motifs is 1. The standard InChI is InChI=1S/C33H30F3N5O/c34-33(35,36)26-12-14-27(15-13-26)37-32(42)41-19-17-40(18-20-41)22-23-11-16-28-29(21-23)39-31(38-28)30(24-7-3-1-4-8-24)25-9-5-2-6-10-25/h1-16,21,30H,17-20,22H2,(H,37,42)(H,38,39). The number of carbonyl (C=O) groups is 1. The first-order valence-electron chi connectivity index (χ1n) is 13.9. The molecule has 1 aliphatic heterocycles. The van der Waals surface area contributed by atoms with Crippen molar-refractivity contribution in [2.24, 2.45) is 0 Å². The molecule has 0 atom stereocenters. The van der Waals surface area contributed by atoms with Gasteiger partial charge in [-0.1, -0.05) is 66.7 Å². The van der Waals surface area contributed by atoms with Crippen LogP contribution in [0.4, 0.5) is 23.7 Å². The molecule has 0 unspecified atom stereocenters. The number of H-pyrrole nitrogens is 1. The third-order valence-electron chi connectivity index (χ3n) is 7.63. The molecule has 2 N–H and O–H groups in total. The number of piperazine rings is 1. The van der Waals surface area contributed by atoms with Gasteiger partial charge in [0.2, 0.25) is 0 Å². The van der Waals surface area contributed by atoms with Crippen LogP contribution in [0.25, 0.3) is 11.0 Å². The van der Waals surface area contributed by atoms with Gasteiger partial charge in [-0.2, -0.15) is 13.2 Å². The van der Waals surface area contributed by atoms with E-state index in [1.807, 2.05) is 36.4 Å². The first-order chi connectivity index (χ1) is 20.3. The van der Waals surface area contributed by atoms with Crippen LogP contribution < -0.4 is 5.32 Å². The molecular weight excluding hydrogens is 539 g/mol. The summed E-state index contributed by atoms with van der Waals surface area (Å²) in [4.78, 5) is 25.2. The Morgan fingerprint density at radius 2 is 1.45 bits per heavy atom. The topological polar surface area (TPSA) is 64.3 Å². The molecule has 9 heteroatoms. The molecule has 42 heavy (non-hydrogen) atoms. The lowest BCUT2D eigenvalue weighted by Crippen LogP contribution is -2.49. The second-order valence-electron chi connectivity index (χ2n) is 10.5. The summed E-state index contributed by atoms with van der Waals surface area (Å²) in [5.41, 5.74) is 4.96. The van der Waals surface area contributed by atoms with Crippen LogP contribution in [0.5, 0.6) is 0 Å². The summed E-state index contributed by atoms with van der Waals surface area (Å²) < 4.78 is 38.4. The molecule has 6 rings (SSSR count). The van der Waals surface area contributed by atoms with Gasteiger partial charge in [0.05, 0.1) is 22.5 Å². The van der Waals surface area contributed by atoms with Gasteiger partial charge >= 0.3 is 12.2 Å². The number of rotatable bonds is 6. The second kappa shape index (κ2) is 11.7. The summed E-state index contributed by atoms with van der Waals surface area (Å²) in [6.07, 6.45) is -4.41. The monoisotopic (exact) mass is 569 g/mol. The maximum atomic E-state index is 12.8. The number of hydrogen-bond donors (Lipinski definition) is 2. The number of nitrogens with zero attached hydrogens (tertiary/aromatic N) is 3. The Kier molecular flexibility index (Phi) is 7.67. The van der Waals surface area contributed by atoms with Crippen LogP contribution in [0, 0.1) is 0 Å². The predicted octanol–water partition coefficient (Wildman–Crippen LogP) is 7.11. The number of hydrogen-bond acceptors (Lipinski definition) is 3. The molecule has 1 saturated heterocycles. The summed E-state index contributed by atoms with van der Waals surface area (Å²) in [5.74, 6) is 0.886. The summed E-state index contributed by atoms with van der Waals surface area (Å²) in [7, 11) is 0. The Balaban J connectivity index is 1.09. The van der Waals surface area contributed by atoms with Crippen LogP contribution in [0.15, 0.2) is 103 Å². The summed E-state index contributed by atoms with van der Waals surface area (Å²) in [6.45, 7) is 3.16. The maximum absolute atomic E-state index is 12.8. The van der Waals surface area contributed by atoms with Crippen LogP contribution in [0.1, 0.15) is 34.0 Å². The number of anilines is 1. The van der Waals surface area contributed by atoms with Crippen molar-refractivity contribution >= 4 is 22.8 Å². The van der Waals surface area contributed by atoms with E-state index in [9.17, 15) is 18.0 Å². The summed E-state index contributed by atoms with van der Waals surface area (Å²) in [6, 6.07) is 31.2. The minimum atomic E-state index is -4.41. The van der Waals surface area contributed by atoms with E-state index in [4.69, 9.17) is 4.98 Å². The number of amides is 2. The molecule has 214 valence electrons. The molecule has 4 aromatic carbocycles. The summed E-state index contributed by atoms with van der Waals surface area (Å²) in [5, 5.41) is 2.70. The van der Waals surface area contributed by atoms with Crippen molar-refractivity contribution in [3.63, 3.8) is 0 Å². The Morgan fingerprint density at radius 1 is 0.833 bits per heavy atom. The molecule has 1 fully saturated rings. The normalized spacial score (nSPS) is 14.4. The molecule has 0 saturated carbocycles. The molecule has 5 aromatic rings. The molecule has 1 aromatic heterocycles. The van der Waals surface area contributed by atoms with Crippen LogP contribution in [0.2, 0.25) is 0 Å². The van der Waals surface area contributed by atoms with E-state index in [0.29, 0.717) is 31.9 Å². The van der Waals surface area contributed by atoms with Gasteiger partial charge in [-0.15, -0.1) is 0 Å². The lowest BCUT2D eigenvalue weighted by molar-refractivity contribution is -0.137. The molecule has 2 amide bonds. The lowest BCUT2D eigenvalue weighted by Gasteiger charge is -2.34. The number of urea groups is 1. The van der Waals surface area contributed by atoms with E-state index >= 15 is 0 Å². The Hall–Kier alpha value is -4.63. The van der Waals surface area contributed by atoms with Gasteiger partial charge in [0.1, 0.15) is 5.82 Å². The number of nitrogens with one attached hydrogen (secondary N) is 2. The number of alkyl halides is 3. The van der Waals surface area contributed by atoms with Gasteiger partial charge < -0.3 is 15.2 Å². The highest BCUT2D eigenvalue weighted by atomic mass is 19.4. The van der Waals surface area contributed by atoms with E-state index in [-0.39, 0.29) is 11.9 Å². The first-order valence-corrected chi connectivity index (χ1v) is 13.9. The minimum absolute atomic E-state index is 0.00921. The van der Waals surface area contributed by atoms with E-state index in [0.717, 1.165) is 41.1 Å². The second-order valence-corrected chi connectivity index (χ2v) is 10.5. The Bertz CT molecular complexity index is 1610. The lowest BCUT2D eigenvalue weighted by atomic mass is 9.91. The fraction of sp³-hybridized carbons (Fsp3) is 0.212. The SMILES string of the molecule is O=C(Nc1ccc(C(F)(F)F)cc1)N1CCN(Cc2ccc3[nH]c(C(c4ccccc4)c4ccccc4)nc3c2)CC1. The van der Waals surface area contributed by atoms with Crippen molar-refractivity contribution in [2.75, 3.05) is 31.5 Å². The number of aromatic nitrogens is 2. The predicted molar refractivity (Wildman–Crippen MR) is 157 cm³/mol. The van der Waals surface area contributed by atoms with E-state index < -0.39 is 11.7 Å². The average Bonchev–Trinajstić information content (AvgIpc) is 3.41. The number of halogens is 3. The molecular formula is C33H30F3N5O. The maximum Gasteiger partial charge on any atom is 0.416 e. The molecule has 0 aliphatic carbocycles. The highest BCUT2D eigenvalue weighted by Gasteiger charge is 2.30. The Labute approximate surface area is 241 Å². The average molecular weight is 570 g/mol. The van der Waals surface area contributed by atoms with Crippen molar-refractivity contribution < 1.29 is 18.0 Å². The number of carbonyl (C=O) groups excluding carboxylic acids is 1. The van der Waals surface area contributed by atoms with Crippen molar-refractivity contribution in [1.82, 2.24) is 19.8 Å². The van der Waals surface area contributed by atoms with Crippen LogP contribution >= 0.6 is 0 Å². The van der Waals surface area contributed by atoms with Crippen LogP contribution in [-0.2, 0) is 12.7 Å². The molecule has 1 aliphatic rings. The number of aromatic amines is 1. The van der Waals surface area contributed by atoms with Crippen molar-refractivity contribution in [1.29, 1.82) is 0 Å². The molecule has 0 radical (unpaired) electrons. The molecule has 0 bridgehead atoms. The van der Waals surface area contributed by atoms with E-state index in [1.54, 1.807) is 4.90 Å². The molecule has 0 spiro atoms. The zero-order valence-corrected chi connectivity index (χ0v) is 22.8. The first kappa shape index (κ1) is 27.5. The van der Waals surface area contributed by atoms with Gasteiger partial charge in [0, 0.05) is 38.4 Å². The zero-order valence-electron chi connectivity index (χ0n) is 22.8. The fourth-order valence-corrected chi connectivity index (χ4v) is 5.42. The van der Waals surface area contributed by atoms with E-state index in [1.165, 1.54) is 23.3 Å². The quantitative estimate of drug-likeness (QED) is 0.229. The zero-order chi connectivity index (χ0) is 29.1. The van der Waals surface area contributed by atoms with Gasteiger partial charge in [-0.25, -0.2) is 9.78 Å². The molecule has 6 nitrogen and oxygen atoms in total. The van der Waals surface area contributed by atoms with Crippen molar-refractivity contribution in [3.05, 3.63) is 131 Å². The molecule has 2 heterocycles. The van der Waals surface area contributed by atoms with Crippen molar-refractivity contribution in [2.45, 2.75) is 18.6 Å². The van der Waals surface area contributed by atoms with Crippen LogP contribution in [0.3, 0.4) is 0 Å². The smallest absolute Gasteiger partial charge is 0.341 e. The fourth-order valence-electron chi connectivity index (χ4n) is 5.42. The van der Waals surface area contributed by atoms with Gasteiger partial charge in [-0.3, -0.25) is 4.90 Å².